The Kier molecular flexibility index (Phi) is 1.86. The highest BCUT2D eigenvalue weighted by molar-refractivity contribution is 6.28. The maximum absolute atomic E-state index is 5.67. The average molecular weight is 171 g/mol. The fraction of sp³-hybridized carbons (Fsp3) is 0.625. The summed E-state index contributed by atoms with van der Waals surface area (Å²) in [7, 11) is 0. The second-order valence-electron chi connectivity index (χ2n) is 3.11. The van der Waals surface area contributed by atoms with Gasteiger partial charge in [-0.15, -0.1) is 0 Å². The number of rotatable bonds is 1. The van der Waals surface area contributed by atoms with E-state index >= 15 is 0 Å². The van der Waals surface area contributed by atoms with Crippen LogP contribution in [-0.4, -0.2) is 9.97 Å². The average Bonchev–Trinajstić information content (AvgIpc) is 2.55. The zero-order valence-electron chi connectivity index (χ0n) is 6.31. The molecule has 60 valence electrons. The van der Waals surface area contributed by atoms with Crippen LogP contribution >= 0.6 is 11.6 Å². The molecule has 1 N–H and O–H groups in total. The fourth-order valence-corrected chi connectivity index (χ4v) is 1.91. The standard InChI is InChI=1S/C8H11ClN2/c9-8-10-5-7(11-8)6-3-1-2-4-6/h5-6H,1-4H2,(H,10,11). The van der Waals surface area contributed by atoms with Crippen molar-refractivity contribution in [3.63, 3.8) is 0 Å². The lowest BCUT2D eigenvalue weighted by molar-refractivity contribution is 0.702. The smallest absolute Gasteiger partial charge is 0.200 e. The molecule has 0 aliphatic heterocycles. The number of halogens is 1. The number of nitrogens with zero attached hydrogens (tertiary/aromatic N) is 1. The predicted octanol–water partition coefficient (Wildman–Crippen LogP) is 2.72. The van der Waals surface area contributed by atoms with E-state index in [0.717, 1.165) is 0 Å². The molecule has 0 saturated heterocycles. The van der Waals surface area contributed by atoms with Gasteiger partial charge in [0.25, 0.3) is 0 Å². The minimum absolute atomic E-state index is 0.520. The summed E-state index contributed by atoms with van der Waals surface area (Å²) in [5.41, 5.74) is 1.22. The maximum atomic E-state index is 5.67. The van der Waals surface area contributed by atoms with Crippen molar-refractivity contribution in [2.24, 2.45) is 0 Å². The summed E-state index contributed by atoms with van der Waals surface area (Å²) >= 11 is 5.67. The third-order valence-corrected chi connectivity index (χ3v) is 2.55. The van der Waals surface area contributed by atoms with Gasteiger partial charge >= 0.3 is 0 Å². The zero-order valence-corrected chi connectivity index (χ0v) is 7.06. The van der Waals surface area contributed by atoms with Crippen molar-refractivity contribution in [3.05, 3.63) is 17.2 Å². The van der Waals surface area contributed by atoms with Crippen molar-refractivity contribution in [1.82, 2.24) is 9.97 Å². The first-order chi connectivity index (χ1) is 5.36. The first kappa shape index (κ1) is 7.17. The molecule has 0 amide bonds. The quantitative estimate of drug-likeness (QED) is 0.690. The monoisotopic (exact) mass is 170 g/mol. The largest absolute Gasteiger partial charge is 0.332 e. The van der Waals surface area contributed by atoms with Crippen LogP contribution in [0.25, 0.3) is 0 Å². The Labute approximate surface area is 71.0 Å². The summed E-state index contributed by atoms with van der Waals surface area (Å²) in [5.74, 6) is 0.690. The Morgan fingerprint density at radius 2 is 2.18 bits per heavy atom. The summed E-state index contributed by atoms with van der Waals surface area (Å²) in [4.78, 5) is 7.04. The summed E-state index contributed by atoms with van der Waals surface area (Å²) in [6.45, 7) is 0. The highest BCUT2D eigenvalue weighted by Gasteiger charge is 2.18. The summed E-state index contributed by atoms with van der Waals surface area (Å²) < 4.78 is 0. The van der Waals surface area contributed by atoms with Crippen LogP contribution in [0.4, 0.5) is 0 Å². The van der Waals surface area contributed by atoms with Crippen molar-refractivity contribution in [2.75, 3.05) is 0 Å². The number of aromatic nitrogens is 2. The number of nitrogens with one attached hydrogen (secondary N) is 1. The van der Waals surface area contributed by atoms with Crippen molar-refractivity contribution < 1.29 is 0 Å². The van der Waals surface area contributed by atoms with Gasteiger partial charge in [0, 0.05) is 17.8 Å². The number of H-pyrrole nitrogens is 1. The molecule has 3 heteroatoms. The van der Waals surface area contributed by atoms with E-state index in [-0.39, 0.29) is 0 Å². The third kappa shape index (κ3) is 1.41. The van der Waals surface area contributed by atoms with Gasteiger partial charge in [-0.25, -0.2) is 4.98 Å². The van der Waals surface area contributed by atoms with Gasteiger partial charge in [-0.3, -0.25) is 0 Å². The molecule has 0 aromatic carbocycles. The molecule has 0 spiro atoms. The Hall–Kier alpha value is -0.500. The normalized spacial score (nSPS) is 19.4. The summed E-state index contributed by atoms with van der Waals surface area (Å²) in [6, 6.07) is 0. The summed E-state index contributed by atoms with van der Waals surface area (Å²) in [6.07, 6.45) is 7.14. The molecule has 0 bridgehead atoms. The zero-order chi connectivity index (χ0) is 7.68. The van der Waals surface area contributed by atoms with E-state index in [1.54, 1.807) is 0 Å². The Morgan fingerprint density at radius 1 is 1.45 bits per heavy atom. The molecule has 0 unspecified atom stereocenters. The lowest BCUT2D eigenvalue weighted by Gasteiger charge is -2.03. The van der Waals surface area contributed by atoms with Crippen molar-refractivity contribution in [2.45, 2.75) is 31.6 Å². The second-order valence-corrected chi connectivity index (χ2v) is 3.47. The Morgan fingerprint density at radius 3 is 2.73 bits per heavy atom. The van der Waals surface area contributed by atoms with E-state index in [0.29, 0.717) is 11.2 Å². The van der Waals surface area contributed by atoms with E-state index in [2.05, 4.69) is 9.97 Å². The molecule has 0 atom stereocenters. The third-order valence-electron chi connectivity index (χ3n) is 2.36. The number of hydrogen-bond acceptors (Lipinski definition) is 1. The van der Waals surface area contributed by atoms with E-state index < -0.39 is 0 Å². The van der Waals surface area contributed by atoms with Gasteiger partial charge in [0.05, 0.1) is 0 Å². The van der Waals surface area contributed by atoms with Crippen molar-refractivity contribution in [1.29, 1.82) is 0 Å². The Balaban J connectivity index is 2.15. The van der Waals surface area contributed by atoms with Gasteiger partial charge in [-0.1, -0.05) is 12.8 Å². The predicted molar refractivity (Wildman–Crippen MR) is 44.8 cm³/mol. The highest BCUT2D eigenvalue weighted by atomic mass is 35.5. The van der Waals surface area contributed by atoms with Crippen LogP contribution in [0.3, 0.4) is 0 Å². The molecule has 0 radical (unpaired) electrons. The number of imidazole rings is 1. The van der Waals surface area contributed by atoms with Gasteiger partial charge < -0.3 is 4.98 Å². The fourth-order valence-electron chi connectivity index (χ4n) is 1.75. The second kappa shape index (κ2) is 2.86. The van der Waals surface area contributed by atoms with E-state index in [1.165, 1.54) is 31.4 Å². The van der Waals surface area contributed by atoms with Crippen LogP contribution in [0.5, 0.6) is 0 Å². The van der Waals surface area contributed by atoms with Gasteiger partial charge in [-0.05, 0) is 24.4 Å². The number of aromatic amines is 1. The topological polar surface area (TPSA) is 28.7 Å². The van der Waals surface area contributed by atoms with Gasteiger partial charge in [0.15, 0.2) is 5.28 Å². The molecular formula is C8H11ClN2. The molecule has 1 heterocycles. The van der Waals surface area contributed by atoms with E-state index in [4.69, 9.17) is 11.6 Å². The summed E-state index contributed by atoms with van der Waals surface area (Å²) in [5, 5.41) is 0.520. The highest BCUT2D eigenvalue weighted by Crippen LogP contribution is 2.33. The minimum atomic E-state index is 0.520. The van der Waals surface area contributed by atoms with Crippen LogP contribution < -0.4 is 0 Å². The van der Waals surface area contributed by atoms with Crippen LogP contribution in [-0.2, 0) is 0 Å². The van der Waals surface area contributed by atoms with Crippen molar-refractivity contribution >= 4 is 11.6 Å². The molecule has 1 fully saturated rings. The van der Waals surface area contributed by atoms with Crippen LogP contribution in [0.1, 0.15) is 37.3 Å². The molecule has 2 rings (SSSR count). The SMILES string of the molecule is Clc1ncc(C2CCCC2)[nH]1. The number of hydrogen-bond donors (Lipinski definition) is 1. The first-order valence-corrected chi connectivity index (χ1v) is 4.44. The molecule has 1 saturated carbocycles. The van der Waals surface area contributed by atoms with E-state index in [9.17, 15) is 0 Å². The van der Waals surface area contributed by atoms with Crippen LogP contribution in [0.2, 0.25) is 5.28 Å². The van der Waals surface area contributed by atoms with Crippen LogP contribution in [0, 0.1) is 0 Å². The lowest BCUT2D eigenvalue weighted by Crippen LogP contribution is -1.90. The van der Waals surface area contributed by atoms with Crippen molar-refractivity contribution in [3.8, 4) is 0 Å². The van der Waals surface area contributed by atoms with Gasteiger partial charge in [0.2, 0.25) is 0 Å². The molecule has 1 aliphatic carbocycles. The molecule has 1 aliphatic rings. The van der Waals surface area contributed by atoms with Gasteiger partial charge in [-0.2, -0.15) is 0 Å². The molecule has 11 heavy (non-hydrogen) atoms. The molecule has 1 aromatic rings. The Bertz CT molecular complexity index is 238. The van der Waals surface area contributed by atoms with Gasteiger partial charge in [0.1, 0.15) is 0 Å². The minimum Gasteiger partial charge on any atom is -0.332 e. The molecule has 1 aromatic heterocycles. The first-order valence-electron chi connectivity index (χ1n) is 4.06. The van der Waals surface area contributed by atoms with Crippen LogP contribution in [0.15, 0.2) is 6.20 Å². The molecular weight excluding hydrogens is 160 g/mol. The maximum Gasteiger partial charge on any atom is 0.200 e. The van der Waals surface area contributed by atoms with E-state index in [1.807, 2.05) is 6.20 Å². The molecule has 2 nitrogen and oxygen atoms in total. The lowest BCUT2D eigenvalue weighted by atomic mass is 10.1.